The van der Waals surface area contributed by atoms with Gasteiger partial charge in [-0.1, -0.05) is 26.0 Å². The van der Waals surface area contributed by atoms with Gasteiger partial charge in [0.05, 0.1) is 36.0 Å². The van der Waals surface area contributed by atoms with Gasteiger partial charge < -0.3 is 9.80 Å². The summed E-state index contributed by atoms with van der Waals surface area (Å²) in [6.45, 7) is 2.49. The van der Waals surface area contributed by atoms with Crippen molar-refractivity contribution < 1.29 is 31.9 Å². The quantitative estimate of drug-likeness (QED) is 0.601. The first-order valence-corrected chi connectivity index (χ1v) is 11.1. The summed E-state index contributed by atoms with van der Waals surface area (Å²) in [6, 6.07) is 9.59. The highest BCUT2D eigenvalue weighted by atomic mass is 19.4. The zero-order chi connectivity index (χ0) is 26.4. The third kappa shape index (κ3) is 4.27. The molecule has 36 heavy (non-hydrogen) atoms. The average Bonchev–Trinajstić information content (AvgIpc) is 2.79. The highest BCUT2D eigenvalue weighted by Crippen LogP contribution is 2.38. The third-order valence-corrected chi connectivity index (χ3v) is 6.45. The molecule has 188 valence electrons. The molecule has 2 saturated heterocycles. The number of nitrogens with zero attached hydrogens (tertiary/aromatic N) is 4. The molecule has 11 heteroatoms. The molecule has 0 unspecified atom stereocenters. The van der Waals surface area contributed by atoms with Crippen LogP contribution >= 0.6 is 0 Å². The van der Waals surface area contributed by atoms with E-state index in [1.165, 1.54) is 34.1 Å². The molecule has 0 atom stereocenters. The van der Waals surface area contributed by atoms with E-state index in [0.717, 1.165) is 23.1 Å². The minimum Gasteiger partial charge on any atom is -0.337 e. The second-order valence-corrected chi connectivity index (χ2v) is 9.22. The number of amides is 3. The van der Waals surface area contributed by atoms with Crippen LogP contribution in [0.15, 0.2) is 42.5 Å². The van der Waals surface area contributed by atoms with Gasteiger partial charge in [-0.3, -0.25) is 19.3 Å². The number of benzene rings is 2. The van der Waals surface area contributed by atoms with Crippen molar-refractivity contribution in [2.45, 2.75) is 32.1 Å². The molecule has 2 aliphatic heterocycles. The van der Waals surface area contributed by atoms with Crippen LogP contribution in [0.1, 0.15) is 30.5 Å². The molecule has 2 aromatic carbocycles. The number of hydrogen-bond donors (Lipinski definition) is 0. The standard InChI is InChI=1S/C25H22F4N4O3/c1-15(2)22(35)31-13-24(14-31)23(36)32(20-8-5-17(10-30)9-19(20)26)12-21(34)33(24)11-16-3-6-18(7-4-16)25(27,28)29/h3-9,15H,11-14H2,1-2H3. The van der Waals surface area contributed by atoms with Gasteiger partial charge >= 0.3 is 6.18 Å². The highest BCUT2D eigenvalue weighted by molar-refractivity contribution is 6.10. The van der Waals surface area contributed by atoms with Gasteiger partial charge in [0.2, 0.25) is 11.8 Å². The van der Waals surface area contributed by atoms with E-state index >= 15 is 0 Å². The number of alkyl halides is 3. The summed E-state index contributed by atoms with van der Waals surface area (Å²) < 4.78 is 53.6. The zero-order valence-corrected chi connectivity index (χ0v) is 19.5. The molecule has 7 nitrogen and oxygen atoms in total. The molecule has 2 heterocycles. The first-order valence-electron chi connectivity index (χ1n) is 11.1. The van der Waals surface area contributed by atoms with Gasteiger partial charge in [0.1, 0.15) is 12.4 Å². The van der Waals surface area contributed by atoms with Crippen molar-refractivity contribution in [1.29, 1.82) is 5.26 Å². The van der Waals surface area contributed by atoms with E-state index in [2.05, 4.69) is 0 Å². The van der Waals surface area contributed by atoms with E-state index in [1.807, 2.05) is 0 Å². The summed E-state index contributed by atoms with van der Waals surface area (Å²) in [4.78, 5) is 43.2. The summed E-state index contributed by atoms with van der Waals surface area (Å²) in [5.74, 6) is -2.58. The molecule has 2 aromatic rings. The normalized spacial score (nSPS) is 17.4. The Bertz CT molecular complexity index is 1260. The molecule has 4 rings (SSSR count). The van der Waals surface area contributed by atoms with Crippen LogP contribution in [0.3, 0.4) is 0 Å². The third-order valence-electron chi connectivity index (χ3n) is 6.45. The van der Waals surface area contributed by atoms with E-state index in [4.69, 9.17) is 5.26 Å². The Hall–Kier alpha value is -3.94. The number of carbonyl (C=O) groups excluding carboxylic acids is 3. The molecule has 2 fully saturated rings. The largest absolute Gasteiger partial charge is 0.416 e. The number of carbonyl (C=O) groups is 3. The number of nitriles is 1. The SMILES string of the molecule is CC(C)C(=O)N1CC2(C1)C(=O)N(c1ccc(C#N)cc1F)CC(=O)N2Cc1ccc(C(F)(F)F)cc1. The average molecular weight is 502 g/mol. The Kier molecular flexibility index (Phi) is 6.24. The Morgan fingerprint density at radius 1 is 1.11 bits per heavy atom. The smallest absolute Gasteiger partial charge is 0.337 e. The summed E-state index contributed by atoms with van der Waals surface area (Å²) >= 11 is 0. The van der Waals surface area contributed by atoms with E-state index in [1.54, 1.807) is 19.9 Å². The fourth-order valence-corrected chi connectivity index (χ4v) is 4.52. The predicted molar refractivity (Wildman–Crippen MR) is 120 cm³/mol. The van der Waals surface area contributed by atoms with E-state index in [-0.39, 0.29) is 42.7 Å². The van der Waals surface area contributed by atoms with Gasteiger partial charge in [0.25, 0.3) is 5.91 Å². The fraction of sp³-hybridized carbons (Fsp3) is 0.360. The van der Waals surface area contributed by atoms with Crippen LogP contribution in [0, 0.1) is 23.1 Å². The molecule has 0 radical (unpaired) electrons. The maximum Gasteiger partial charge on any atom is 0.416 e. The molecule has 1 spiro atoms. The van der Waals surface area contributed by atoms with Crippen LogP contribution in [0.2, 0.25) is 0 Å². The van der Waals surface area contributed by atoms with Gasteiger partial charge in [-0.25, -0.2) is 4.39 Å². The monoisotopic (exact) mass is 502 g/mol. The van der Waals surface area contributed by atoms with Gasteiger partial charge in [0.15, 0.2) is 5.54 Å². The molecule has 3 amide bonds. The van der Waals surface area contributed by atoms with Gasteiger partial charge in [-0.15, -0.1) is 0 Å². The molecule has 0 N–H and O–H groups in total. The second kappa shape index (κ2) is 8.93. The number of likely N-dealkylation sites (tertiary alicyclic amines) is 1. The van der Waals surface area contributed by atoms with Crippen LogP contribution in [-0.2, 0) is 27.1 Å². The lowest BCUT2D eigenvalue weighted by Crippen LogP contribution is -2.81. The van der Waals surface area contributed by atoms with Crippen LogP contribution in [0.25, 0.3) is 0 Å². The number of halogens is 4. The van der Waals surface area contributed by atoms with Crippen LogP contribution in [-0.4, -0.2) is 52.7 Å². The summed E-state index contributed by atoms with van der Waals surface area (Å²) in [5, 5.41) is 8.99. The zero-order valence-electron chi connectivity index (χ0n) is 19.5. The van der Waals surface area contributed by atoms with Gasteiger partial charge in [-0.2, -0.15) is 18.4 Å². The molecule has 0 saturated carbocycles. The van der Waals surface area contributed by atoms with Crippen molar-refractivity contribution in [3.8, 4) is 6.07 Å². The lowest BCUT2D eigenvalue weighted by molar-refractivity contribution is -0.171. The lowest BCUT2D eigenvalue weighted by atomic mass is 9.82. The van der Waals surface area contributed by atoms with E-state index in [0.29, 0.717) is 5.56 Å². The first-order chi connectivity index (χ1) is 16.9. The van der Waals surface area contributed by atoms with E-state index in [9.17, 15) is 31.9 Å². The Morgan fingerprint density at radius 3 is 2.28 bits per heavy atom. The van der Waals surface area contributed by atoms with Crippen LogP contribution in [0.4, 0.5) is 23.2 Å². The van der Waals surface area contributed by atoms with Crippen molar-refractivity contribution in [3.63, 3.8) is 0 Å². The number of hydrogen-bond acceptors (Lipinski definition) is 4. The van der Waals surface area contributed by atoms with Crippen molar-refractivity contribution in [3.05, 3.63) is 65.0 Å². The van der Waals surface area contributed by atoms with Crippen LogP contribution in [0.5, 0.6) is 0 Å². The summed E-state index contributed by atoms with van der Waals surface area (Å²) in [5.41, 5.74) is -2.10. The van der Waals surface area contributed by atoms with Gasteiger partial charge in [0, 0.05) is 12.5 Å². The molecular weight excluding hydrogens is 480 g/mol. The minimum absolute atomic E-state index is 0.0445. The van der Waals surface area contributed by atoms with Crippen molar-refractivity contribution in [2.75, 3.05) is 24.5 Å². The fourth-order valence-electron chi connectivity index (χ4n) is 4.52. The molecular formula is C25H22F4N4O3. The maximum absolute atomic E-state index is 14.8. The van der Waals surface area contributed by atoms with Crippen molar-refractivity contribution >= 4 is 23.4 Å². The predicted octanol–water partition coefficient (Wildman–Crippen LogP) is 3.33. The molecule has 0 aliphatic carbocycles. The van der Waals surface area contributed by atoms with Crippen LogP contribution < -0.4 is 4.90 Å². The molecule has 0 bridgehead atoms. The number of anilines is 1. The highest BCUT2D eigenvalue weighted by Gasteiger charge is 2.61. The minimum atomic E-state index is -4.52. The van der Waals surface area contributed by atoms with E-state index < -0.39 is 41.5 Å². The Labute approximate surface area is 204 Å². The van der Waals surface area contributed by atoms with Gasteiger partial charge in [-0.05, 0) is 35.9 Å². The van der Waals surface area contributed by atoms with Crippen molar-refractivity contribution in [2.24, 2.45) is 5.92 Å². The first kappa shape index (κ1) is 25.2. The number of rotatable bonds is 4. The summed E-state index contributed by atoms with van der Waals surface area (Å²) in [7, 11) is 0. The maximum atomic E-state index is 14.8. The second-order valence-electron chi connectivity index (χ2n) is 9.22. The molecule has 0 aromatic heterocycles. The molecule has 2 aliphatic rings. The Balaban J connectivity index is 1.68. The Morgan fingerprint density at radius 2 is 1.75 bits per heavy atom. The topological polar surface area (TPSA) is 84.7 Å². The lowest BCUT2D eigenvalue weighted by Gasteiger charge is -2.58. The van der Waals surface area contributed by atoms with Crippen molar-refractivity contribution in [1.82, 2.24) is 9.80 Å². The number of piperazine rings is 1. The summed E-state index contributed by atoms with van der Waals surface area (Å²) in [6.07, 6.45) is -4.52.